The highest BCUT2D eigenvalue weighted by atomic mass is 35.5. The van der Waals surface area contributed by atoms with E-state index < -0.39 is 6.61 Å². The van der Waals surface area contributed by atoms with E-state index in [1.165, 1.54) is 12.1 Å². The van der Waals surface area contributed by atoms with Crippen LogP contribution < -0.4 is 4.74 Å². The molecule has 0 aliphatic heterocycles. The van der Waals surface area contributed by atoms with Crippen molar-refractivity contribution in [3.63, 3.8) is 0 Å². The highest BCUT2D eigenvalue weighted by Crippen LogP contribution is 2.23. The molecule has 0 aliphatic rings. The second-order valence-corrected chi connectivity index (χ2v) is 2.78. The second kappa shape index (κ2) is 4.58. The lowest BCUT2D eigenvalue weighted by Crippen LogP contribution is -2.04. The molecule has 0 bridgehead atoms. The van der Waals surface area contributed by atoms with Crippen LogP contribution in [0.1, 0.15) is 5.69 Å². The van der Waals surface area contributed by atoms with E-state index in [2.05, 4.69) is 9.72 Å². The Morgan fingerprint density at radius 3 is 2.69 bits per heavy atom. The third-order valence-corrected chi connectivity index (χ3v) is 1.77. The molecule has 1 rings (SSSR count). The summed E-state index contributed by atoms with van der Waals surface area (Å²) in [5.41, 5.74) is 0.432. The van der Waals surface area contributed by atoms with Gasteiger partial charge in [0, 0.05) is 0 Å². The van der Waals surface area contributed by atoms with Gasteiger partial charge in [-0.1, -0.05) is 11.6 Å². The fourth-order valence-corrected chi connectivity index (χ4v) is 1.00. The van der Waals surface area contributed by atoms with E-state index in [1.54, 1.807) is 0 Å². The summed E-state index contributed by atoms with van der Waals surface area (Å²) >= 11 is 11.0. The van der Waals surface area contributed by atoms with Gasteiger partial charge in [-0.3, -0.25) is 0 Å². The van der Waals surface area contributed by atoms with E-state index in [1.807, 2.05) is 0 Å². The van der Waals surface area contributed by atoms with Gasteiger partial charge in [0.25, 0.3) is 0 Å². The molecule has 0 aliphatic carbocycles. The predicted octanol–water partition coefficient (Wildman–Crippen LogP) is 3.08. The first-order valence-corrected chi connectivity index (χ1v) is 4.21. The molecule has 0 unspecified atom stereocenters. The van der Waals surface area contributed by atoms with Gasteiger partial charge in [-0.2, -0.15) is 8.78 Å². The standard InChI is InChI=1S/C7H5Cl2F2NO/c8-3-4-1-2-5(9)6(12-4)13-7(10)11/h1-2,7H,3H2. The summed E-state index contributed by atoms with van der Waals surface area (Å²) in [6.07, 6.45) is 0. The highest BCUT2D eigenvalue weighted by molar-refractivity contribution is 6.31. The van der Waals surface area contributed by atoms with Crippen LogP contribution in [0.4, 0.5) is 8.78 Å². The minimum atomic E-state index is -2.93. The van der Waals surface area contributed by atoms with E-state index in [0.29, 0.717) is 5.69 Å². The molecule has 72 valence electrons. The Hall–Kier alpha value is -0.610. The van der Waals surface area contributed by atoms with Gasteiger partial charge in [0.05, 0.1) is 11.6 Å². The maximum Gasteiger partial charge on any atom is 0.388 e. The van der Waals surface area contributed by atoms with Crippen molar-refractivity contribution in [1.29, 1.82) is 0 Å². The van der Waals surface area contributed by atoms with Crippen LogP contribution in [0.5, 0.6) is 5.88 Å². The molecule has 1 aromatic heterocycles. The number of alkyl halides is 3. The highest BCUT2D eigenvalue weighted by Gasteiger charge is 2.10. The third-order valence-electron chi connectivity index (χ3n) is 1.21. The monoisotopic (exact) mass is 227 g/mol. The van der Waals surface area contributed by atoms with Crippen LogP contribution in [0.25, 0.3) is 0 Å². The fourth-order valence-electron chi connectivity index (χ4n) is 0.703. The Labute approximate surface area is 83.4 Å². The number of ether oxygens (including phenoxy) is 1. The molecule has 0 aromatic carbocycles. The van der Waals surface area contributed by atoms with E-state index >= 15 is 0 Å². The summed E-state index contributed by atoms with van der Waals surface area (Å²) in [6.45, 7) is -2.93. The number of hydrogen-bond donors (Lipinski definition) is 0. The molecule has 1 aromatic rings. The van der Waals surface area contributed by atoms with Gasteiger partial charge in [-0.15, -0.1) is 11.6 Å². The molecule has 0 saturated carbocycles. The smallest absolute Gasteiger partial charge is 0.388 e. The molecular formula is C7H5Cl2F2NO. The van der Waals surface area contributed by atoms with E-state index in [0.717, 1.165) is 0 Å². The molecule has 6 heteroatoms. The largest absolute Gasteiger partial charge is 0.415 e. The Balaban J connectivity index is 2.90. The third kappa shape index (κ3) is 2.97. The molecule has 13 heavy (non-hydrogen) atoms. The minimum absolute atomic E-state index is 0.0363. The topological polar surface area (TPSA) is 22.1 Å². The van der Waals surface area contributed by atoms with Gasteiger partial charge in [0.1, 0.15) is 5.02 Å². The van der Waals surface area contributed by atoms with Crippen LogP contribution in [0.15, 0.2) is 12.1 Å². The van der Waals surface area contributed by atoms with Gasteiger partial charge in [-0.05, 0) is 12.1 Å². The average Bonchev–Trinajstić information content (AvgIpc) is 2.08. The quantitative estimate of drug-likeness (QED) is 0.741. The molecule has 0 atom stereocenters. The van der Waals surface area contributed by atoms with Crippen molar-refractivity contribution in [1.82, 2.24) is 4.98 Å². The first-order valence-electron chi connectivity index (χ1n) is 3.29. The van der Waals surface area contributed by atoms with Crippen LogP contribution in [0.2, 0.25) is 5.02 Å². The maximum absolute atomic E-state index is 11.8. The molecule has 0 saturated heterocycles. The predicted molar refractivity (Wildman–Crippen MR) is 45.4 cm³/mol. The Kier molecular flexibility index (Phi) is 3.69. The lowest BCUT2D eigenvalue weighted by atomic mass is 10.4. The number of aromatic nitrogens is 1. The lowest BCUT2D eigenvalue weighted by Gasteiger charge is -2.05. The van der Waals surface area contributed by atoms with Crippen molar-refractivity contribution < 1.29 is 13.5 Å². The number of hydrogen-bond acceptors (Lipinski definition) is 2. The van der Waals surface area contributed by atoms with E-state index in [9.17, 15) is 8.78 Å². The molecule has 0 fully saturated rings. The number of pyridine rings is 1. The molecular weight excluding hydrogens is 223 g/mol. The summed E-state index contributed by atoms with van der Waals surface area (Å²) in [5.74, 6) is -0.175. The normalized spacial score (nSPS) is 10.5. The minimum Gasteiger partial charge on any atom is -0.415 e. The number of nitrogens with zero attached hydrogens (tertiary/aromatic N) is 1. The van der Waals surface area contributed by atoms with Crippen LogP contribution in [0.3, 0.4) is 0 Å². The van der Waals surface area contributed by atoms with E-state index in [4.69, 9.17) is 23.2 Å². The van der Waals surface area contributed by atoms with Gasteiger partial charge >= 0.3 is 6.61 Å². The lowest BCUT2D eigenvalue weighted by molar-refractivity contribution is -0.0528. The zero-order valence-electron chi connectivity index (χ0n) is 6.31. The summed E-state index contributed by atoms with van der Waals surface area (Å²) in [6, 6.07) is 2.94. The van der Waals surface area contributed by atoms with Crippen LogP contribution in [0, 0.1) is 0 Å². The first kappa shape index (κ1) is 10.5. The Morgan fingerprint density at radius 2 is 2.15 bits per heavy atom. The molecule has 0 amide bonds. The molecule has 0 spiro atoms. The number of halogens is 4. The van der Waals surface area contributed by atoms with Crippen molar-refractivity contribution in [2.45, 2.75) is 12.5 Å². The zero-order chi connectivity index (χ0) is 9.84. The Bertz CT molecular complexity index is 296. The van der Waals surface area contributed by atoms with Gasteiger partial charge in [0.2, 0.25) is 5.88 Å². The Morgan fingerprint density at radius 1 is 1.46 bits per heavy atom. The first-order chi connectivity index (χ1) is 6.13. The van der Waals surface area contributed by atoms with Crippen molar-refractivity contribution in [3.05, 3.63) is 22.8 Å². The molecule has 0 radical (unpaired) electrons. The van der Waals surface area contributed by atoms with Crippen molar-refractivity contribution >= 4 is 23.2 Å². The average molecular weight is 228 g/mol. The summed E-state index contributed by atoms with van der Waals surface area (Å²) < 4.78 is 27.6. The SMILES string of the molecule is FC(F)Oc1nc(CCl)ccc1Cl. The molecule has 1 heterocycles. The van der Waals surface area contributed by atoms with Crippen molar-refractivity contribution in [3.8, 4) is 5.88 Å². The van der Waals surface area contributed by atoms with Crippen molar-refractivity contribution in [2.24, 2.45) is 0 Å². The van der Waals surface area contributed by atoms with Crippen molar-refractivity contribution in [2.75, 3.05) is 0 Å². The number of rotatable bonds is 3. The summed E-state index contributed by atoms with van der Waals surface area (Å²) in [5, 5.41) is 0.0363. The summed E-state index contributed by atoms with van der Waals surface area (Å²) in [4.78, 5) is 3.66. The van der Waals surface area contributed by atoms with Gasteiger partial charge in [-0.25, -0.2) is 4.98 Å². The second-order valence-electron chi connectivity index (χ2n) is 2.10. The van der Waals surface area contributed by atoms with E-state index in [-0.39, 0.29) is 16.8 Å². The fraction of sp³-hybridized carbons (Fsp3) is 0.286. The molecule has 0 N–H and O–H groups in total. The van der Waals surface area contributed by atoms with Crippen LogP contribution in [-0.2, 0) is 5.88 Å². The van der Waals surface area contributed by atoms with Crippen LogP contribution in [-0.4, -0.2) is 11.6 Å². The van der Waals surface area contributed by atoms with Crippen LogP contribution >= 0.6 is 23.2 Å². The zero-order valence-corrected chi connectivity index (χ0v) is 7.82. The van der Waals surface area contributed by atoms with Gasteiger partial charge in [0.15, 0.2) is 0 Å². The van der Waals surface area contributed by atoms with Gasteiger partial charge < -0.3 is 4.74 Å². The molecule has 2 nitrogen and oxygen atoms in total. The maximum atomic E-state index is 11.8. The summed E-state index contributed by atoms with van der Waals surface area (Å²) in [7, 11) is 0.